The van der Waals surface area contributed by atoms with E-state index in [-0.39, 0.29) is 0 Å². The van der Waals surface area contributed by atoms with Gasteiger partial charge in [-0.2, -0.15) is 0 Å². The molecule has 1 aliphatic heterocycles. The highest BCUT2D eigenvalue weighted by Gasteiger charge is 2.01. The summed E-state index contributed by atoms with van der Waals surface area (Å²) in [7, 11) is 0. The molecule has 0 spiro atoms. The van der Waals surface area contributed by atoms with Crippen LogP contribution in [0, 0.1) is 5.92 Å². The van der Waals surface area contributed by atoms with Crippen LogP contribution < -0.4 is 0 Å². The lowest BCUT2D eigenvalue weighted by molar-refractivity contribution is 0.737. The quantitative estimate of drug-likeness (QED) is 0.571. The van der Waals surface area contributed by atoms with Crippen LogP contribution in [0.1, 0.15) is 26.3 Å². The van der Waals surface area contributed by atoms with E-state index in [4.69, 9.17) is 0 Å². The van der Waals surface area contributed by atoms with E-state index in [1.165, 1.54) is 5.56 Å². The average Bonchev–Trinajstić information content (AvgIpc) is 2.49. The maximum Gasteiger partial charge on any atom is 0.0661 e. The zero-order valence-electron chi connectivity index (χ0n) is 8.62. The van der Waals surface area contributed by atoms with Crippen molar-refractivity contribution in [2.75, 3.05) is 0 Å². The molecule has 0 saturated heterocycles. The summed E-state index contributed by atoms with van der Waals surface area (Å²) in [5.41, 5.74) is 2.48. The van der Waals surface area contributed by atoms with Gasteiger partial charge in [-0.3, -0.25) is 4.99 Å². The number of hydrogen-bond donors (Lipinski definition) is 0. The second-order valence-electron chi connectivity index (χ2n) is 3.88. The van der Waals surface area contributed by atoms with Crippen LogP contribution >= 0.6 is 0 Å². The summed E-state index contributed by atoms with van der Waals surface area (Å²) in [6.07, 6.45) is 2.96. The van der Waals surface area contributed by atoms with Crippen molar-refractivity contribution in [1.82, 2.24) is 0 Å². The molecule has 13 heavy (non-hydrogen) atoms. The first-order valence-corrected chi connectivity index (χ1v) is 4.80. The van der Waals surface area contributed by atoms with E-state index < -0.39 is 0 Å². The molecular weight excluding hydrogens is 158 g/mol. The molecular formula is C12H17N. The van der Waals surface area contributed by atoms with Gasteiger partial charge in [-0.15, -0.1) is 0 Å². The fourth-order valence-electron chi connectivity index (χ4n) is 1.05. The minimum Gasteiger partial charge on any atom is -0.261 e. The Bertz CT molecular complexity index is 284. The van der Waals surface area contributed by atoms with E-state index in [1.54, 1.807) is 0 Å². The predicted molar refractivity (Wildman–Crippen MR) is 58.8 cm³/mol. The molecule has 0 aromatic heterocycles. The Hall–Kier alpha value is -1.11. The number of nitrogens with zero attached hydrogens (tertiary/aromatic N) is 1. The largest absolute Gasteiger partial charge is 0.261 e. The number of fused-ring (bicyclic) bond motifs is 1. The molecule has 0 amide bonds. The molecule has 0 aliphatic carbocycles. The Morgan fingerprint density at radius 3 is 2.38 bits per heavy atom. The molecule has 1 nitrogen and oxygen atoms in total. The highest BCUT2D eigenvalue weighted by Crippen LogP contribution is 2.22. The van der Waals surface area contributed by atoms with Gasteiger partial charge in [0.25, 0.3) is 0 Å². The molecule has 1 aromatic carbocycles. The lowest BCUT2D eigenvalue weighted by Gasteiger charge is -1.91. The van der Waals surface area contributed by atoms with Crippen LogP contribution in [-0.4, -0.2) is 6.21 Å². The topological polar surface area (TPSA) is 12.4 Å². The summed E-state index contributed by atoms with van der Waals surface area (Å²) < 4.78 is 0. The molecule has 0 atom stereocenters. The average molecular weight is 175 g/mol. The van der Waals surface area contributed by atoms with Gasteiger partial charge in [0.1, 0.15) is 0 Å². The molecule has 0 N–H and O–H groups in total. The van der Waals surface area contributed by atoms with Gasteiger partial charge in [-0.05, 0) is 17.5 Å². The zero-order valence-corrected chi connectivity index (χ0v) is 8.62. The van der Waals surface area contributed by atoms with Crippen molar-refractivity contribution in [2.45, 2.75) is 27.2 Å². The molecule has 70 valence electrons. The van der Waals surface area contributed by atoms with E-state index in [9.17, 15) is 0 Å². The Morgan fingerprint density at radius 1 is 1.15 bits per heavy atom. The summed E-state index contributed by atoms with van der Waals surface area (Å²) >= 11 is 0. The molecule has 0 fully saturated rings. The third kappa shape index (κ3) is 3.41. The first-order valence-electron chi connectivity index (χ1n) is 4.80. The molecule has 0 saturated carbocycles. The molecule has 1 aliphatic rings. The number of hydrogen-bond acceptors (Lipinski definition) is 1. The molecule has 1 heterocycles. The second kappa shape index (κ2) is 4.80. The summed E-state index contributed by atoms with van der Waals surface area (Å²) in [6, 6.07) is 8.22. The highest BCUT2D eigenvalue weighted by molar-refractivity contribution is 5.75. The first-order chi connectivity index (χ1) is 6.20. The van der Waals surface area contributed by atoms with Gasteiger partial charge in [-0.25, -0.2) is 0 Å². The van der Waals surface area contributed by atoms with Gasteiger partial charge >= 0.3 is 0 Å². The molecule has 0 radical (unpaired) electrons. The van der Waals surface area contributed by atoms with Crippen molar-refractivity contribution in [2.24, 2.45) is 10.9 Å². The molecule has 1 aromatic rings. The van der Waals surface area contributed by atoms with Crippen molar-refractivity contribution in [3.63, 3.8) is 0 Å². The summed E-state index contributed by atoms with van der Waals surface area (Å²) in [5, 5.41) is 0. The molecule has 2 rings (SSSR count). The standard InChI is InChI=1S/C8H7N.C4H10/c1-2-4-8-7(3-1)5-6-9-8;1-4(2)3/h1-4,6H,5H2;4H,1-3H3. The molecule has 0 bridgehead atoms. The van der Waals surface area contributed by atoms with Gasteiger partial charge in [-0.1, -0.05) is 39.0 Å². The van der Waals surface area contributed by atoms with Crippen LogP contribution in [0.5, 0.6) is 0 Å². The SMILES string of the molecule is C1=Nc2ccccc2C1.CC(C)C. The van der Waals surface area contributed by atoms with Crippen molar-refractivity contribution in [3.05, 3.63) is 29.8 Å². The Balaban J connectivity index is 0.000000184. The smallest absolute Gasteiger partial charge is 0.0661 e. The minimum absolute atomic E-state index is 0.833. The Labute approximate surface area is 80.5 Å². The lowest BCUT2D eigenvalue weighted by atomic mass is 10.2. The lowest BCUT2D eigenvalue weighted by Crippen LogP contribution is -1.75. The Morgan fingerprint density at radius 2 is 1.77 bits per heavy atom. The number of rotatable bonds is 0. The maximum absolute atomic E-state index is 4.17. The van der Waals surface area contributed by atoms with E-state index in [0.717, 1.165) is 18.0 Å². The highest BCUT2D eigenvalue weighted by atomic mass is 14.7. The first kappa shape index (κ1) is 9.97. The fraction of sp³-hybridized carbons (Fsp3) is 0.417. The third-order valence-electron chi connectivity index (χ3n) is 1.53. The van der Waals surface area contributed by atoms with Crippen molar-refractivity contribution < 1.29 is 0 Å². The van der Waals surface area contributed by atoms with Gasteiger partial charge in [0, 0.05) is 12.6 Å². The van der Waals surface area contributed by atoms with Crippen molar-refractivity contribution >= 4 is 11.9 Å². The fourth-order valence-corrected chi connectivity index (χ4v) is 1.05. The van der Waals surface area contributed by atoms with E-state index >= 15 is 0 Å². The molecule has 0 unspecified atom stereocenters. The van der Waals surface area contributed by atoms with Gasteiger partial charge < -0.3 is 0 Å². The third-order valence-corrected chi connectivity index (χ3v) is 1.53. The van der Waals surface area contributed by atoms with Crippen LogP contribution in [-0.2, 0) is 6.42 Å². The van der Waals surface area contributed by atoms with Crippen molar-refractivity contribution in [3.8, 4) is 0 Å². The summed E-state index contributed by atoms with van der Waals surface area (Å²) in [4.78, 5) is 4.17. The monoisotopic (exact) mass is 175 g/mol. The van der Waals surface area contributed by atoms with E-state index in [0.29, 0.717) is 0 Å². The van der Waals surface area contributed by atoms with Crippen molar-refractivity contribution in [1.29, 1.82) is 0 Å². The molecule has 1 heteroatoms. The number of para-hydroxylation sites is 1. The van der Waals surface area contributed by atoms with Crippen LogP contribution in [0.25, 0.3) is 0 Å². The predicted octanol–water partition coefficient (Wildman–Crippen LogP) is 3.61. The van der Waals surface area contributed by atoms with Crippen LogP contribution in [0.4, 0.5) is 5.69 Å². The van der Waals surface area contributed by atoms with E-state index in [1.807, 2.05) is 24.4 Å². The zero-order chi connectivity index (χ0) is 9.68. The Kier molecular flexibility index (Phi) is 3.69. The van der Waals surface area contributed by atoms with Crippen LogP contribution in [0.15, 0.2) is 29.3 Å². The summed E-state index contributed by atoms with van der Waals surface area (Å²) in [6.45, 7) is 6.50. The summed E-state index contributed by atoms with van der Waals surface area (Å²) in [5.74, 6) is 0.833. The van der Waals surface area contributed by atoms with Crippen LogP contribution in [0.3, 0.4) is 0 Å². The maximum atomic E-state index is 4.17. The number of benzene rings is 1. The second-order valence-corrected chi connectivity index (χ2v) is 3.88. The van der Waals surface area contributed by atoms with Crippen LogP contribution in [0.2, 0.25) is 0 Å². The van der Waals surface area contributed by atoms with Gasteiger partial charge in [0.15, 0.2) is 0 Å². The van der Waals surface area contributed by atoms with Gasteiger partial charge in [0.05, 0.1) is 5.69 Å². The van der Waals surface area contributed by atoms with Gasteiger partial charge in [0.2, 0.25) is 0 Å². The minimum atomic E-state index is 0.833. The van der Waals surface area contributed by atoms with E-state index in [2.05, 4.69) is 31.8 Å². The normalized spacial score (nSPS) is 12.3. The number of aliphatic imine (C=N–C) groups is 1.